The topological polar surface area (TPSA) is 107 Å². The van der Waals surface area contributed by atoms with E-state index >= 15 is 0 Å². The summed E-state index contributed by atoms with van der Waals surface area (Å²) in [6.07, 6.45) is 1.63. The zero-order valence-corrected chi connectivity index (χ0v) is 17.7. The van der Waals surface area contributed by atoms with Gasteiger partial charge in [-0.25, -0.2) is 4.98 Å². The molecule has 0 unspecified atom stereocenters. The second-order valence-corrected chi connectivity index (χ2v) is 8.07. The molecule has 156 valence electrons. The number of anilines is 2. The van der Waals surface area contributed by atoms with Crippen LogP contribution in [0, 0.1) is 5.92 Å². The van der Waals surface area contributed by atoms with E-state index < -0.39 is 0 Å². The lowest BCUT2D eigenvalue weighted by Crippen LogP contribution is -2.40. The summed E-state index contributed by atoms with van der Waals surface area (Å²) >= 11 is 12.4. The van der Waals surface area contributed by atoms with Crippen LogP contribution in [0.2, 0.25) is 10.0 Å². The van der Waals surface area contributed by atoms with Gasteiger partial charge < -0.3 is 21.1 Å². The van der Waals surface area contributed by atoms with Gasteiger partial charge in [-0.1, -0.05) is 35.3 Å². The highest BCUT2D eigenvalue weighted by atomic mass is 35.5. The molecule has 1 fully saturated rings. The average molecular weight is 446 g/mol. The molecule has 4 rings (SSSR count). The number of carbonyl (C=O) groups is 1. The molecule has 1 aliphatic rings. The highest BCUT2D eigenvalue weighted by Crippen LogP contribution is 2.31. The Balaban J connectivity index is 1.39. The molecule has 1 aromatic heterocycles. The van der Waals surface area contributed by atoms with Gasteiger partial charge in [0.25, 0.3) is 5.91 Å². The number of hydrogen-bond acceptors (Lipinski definition) is 6. The molecule has 7 nitrogen and oxygen atoms in total. The number of halogens is 2. The highest BCUT2D eigenvalue weighted by molar-refractivity contribution is 6.39. The maximum absolute atomic E-state index is 12.8. The number of rotatable bonds is 4. The van der Waals surface area contributed by atoms with Crippen molar-refractivity contribution in [1.29, 1.82) is 0 Å². The van der Waals surface area contributed by atoms with Crippen LogP contribution in [-0.4, -0.2) is 40.5 Å². The summed E-state index contributed by atoms with van der Waals surface area (Å²) in [5, 5.41) is 1.40. The Labute approximate surface area is 183 Å². The van der Waals surface area contributed by atoms with Gasteiger partial charge in [-0.2, -0.15) is 4.98 Å². The number of amides is 1. The number of fused-ring (bicyclic) bond motifs is 1. The van der Waals surface area contributed by atoms with Crippen LogP contribution in [0.3, 0.4) is 0 Å². The van der Waals surface area contributed by atoms with Crippen molar-refractivity contribution >= 4 is 51.8 Å². The summed E-state index contributed by atoms with van der Waals surface area (Å²) in [7, 11) is 0. The van der Waals surface area contributed by atoms with Crippen LogP contribution < -0.4 is 16.2 Å². The first-order valence-corrected chi connectivity index (χ1v) is 10.4. The van der Waals surface area contributed by atoms with E-state index in [0.29, 0.717) is 63.7 Å². The molecular formula is C21H21Cl2N5O2. The maximum Gasteiger partial charge on any atom is 0.256 e. The number of ether oxygens (including phenoxy) is 1. The molecule has 4 N–H and O–H groups in total. The first kappa shape index (κ1) is 20.5. The molecule has 1 amide bonds. The van der Waals surface area contributed by atoms with Crippen LogP contribution in [0.4, 0.5) is 11.8 Å². The van der Waals surface area contributed by atoms with E-state index in [1.165, 1.54) is 0 Å². The number of benzene rings is 2. The summed E-state index contributed by atoms with van der Waals surface area (Å²) in [5.74, 6) is 1.23. The zero-order valence-electron chi connectivity index (χ0n) is 16.1. The van der Waals surface area contributed by atoms with Gasteiger partial charge in [-0.3, -0.25) is 4.79 Å². The predicted octanol–water partition coefficient (Wildman–Crippen LogP) is 4.03. The molecule has 30 heavy (non-hydrogen) atoms. The maximum atomic E-state index is 12.8. The van der Waals surface area contributed by atoms with Crippen molar-refractivity contribution in [3.63, 3.8) is 0 Å². The van der Waals surface area contributed by atoms with Crippen molar-refractivity contribution in [2.45, 2.75) is 12.8 Å². The molecule has 2 aromatic carbocycles. The smallest absolute Gasteiger partial charge is 0.256 e. The Morgan fingerprint density at radius 3 is 2.43 bits per heavy atom. The Bertz CT molecular complexity index is 1080. The van der Waals surface area contributed by atoms with E-state index in [9.17, 15) is 4.79 Å². The quantitative estimate of drug-likeness (QED) is 0.627. The molecule has 1 aliphatic heterocycles. The summed E-state index contributed by atoms with van der Waals surface area (Å²) in [5.41, 5.74) is 12.7. The van der Waals surface area contributed by atoms with E-state index in [-0.39, 0.29) is 11.9 Å². The van der Waals surface area contributed by atoms with Crippen LogP contribution in [0.25, 0.3) is 10.9 Å². The Morgan fingerprint density at radius 1 is 1.07 bits per heavy atom. The lowest BCUT2D eigenvalue weighted by molar-refractivity contribution is 0.0662. The fourth-order valence-corrected chi connectivity index (χ4v) is 4.25. The third-order valence-electron chi connectivity index (χ3n) is 5.28. The lowest BCUT2D eigenvalue weighted by Gasteiger charge is -2.32. The van der Waals surface area contributed by atoms with Gasteiger partial charge in [0.1, 0.15) is 11.6 Å². The fraction of sp³-hybridized carbons (Fsp3) is 0.286. The number of nitrogen functional groups attached to an aromatic ring is 2. The van der Waals surface area contributed by atoms with Crippen molar-refractivity contribution in [1.82, 2.24) is 14.9 Å². The standard InChI is InChI=1S/C21H21Cl2N5O2/c22-13-3-1-4-14(23)17(13)20(29)28-9-7-12(8-10-28)11-30-16-6-2-5-15-18(16)19(24)27-21(25)26-15/h1-6,12H,7-11H2,(H4,24,25,26,27). The number of nitrogens with two attached hydrogens (primary N) is 2. The molecule has 0 radical (unpaired) electrons. The van der Waals surface area contributed by atoms with E-state index in [1.807, 2.05) is 18.2 Å². The third-order valence-corrected chi connectivity index (χ3v) is 5.91. The van der Waals surface area contributed by atoms with Crippen LogP contribution >= 0.6 is 23.2 Å². The molecule has 0 bridgehead atoms. The minimum atomic E-state index is -0.137. The van der Waals surface area contributed by atoms with Gasteiger partial charge in [0.2, 0.25) is 5.95 Å². The van der Waals surface area contributed by atoms with E-state index in [1.54, 1.807) is 23.1 Å². The van der Waals surface area contributed by atoms with Gasteiger partial charge in [-0.15, -0.1) is 0 Å². The predicted molar refractivity (Wildman–Crippen MR) is 119 cm³/mol. The zero-order chi connectivity index (χ0) is 21.3. The van der Waals surface area contributed by atoms with Crippen molar-refractivity contribution in [2.75, 3.05) is 31.2 Å². The molecule has 0 spiro atoms. The van der Waals surface area contributed by atoms with Gasteiger partial charge in [-0.05, 0) is 43.0 Å². The van der Waals surface area contributed by atoms with Crippen LogP contribution in [-0.2, 0) is 0 Å². The summed E-state index contributed by atoms with van der Waals surface area (Å²) in [6.45, 7) is 1.75. The van der Waals surface area contributed by atoms with Gasteiger partial charge in [0, 0.05) is 13.1 Å². The van der Waals surface area contributed by atoms with Crippen molar-refractivity contribution < 1.29 is 9.53 Å². The van der Waals surface area contributed by atoms with E-state index in [4.69, 9.17) is 39.4 Å². The van der Waals surface area contributed by atoms with E-state index in [0.717, 1.165) is 12.8 Å². The number of hydrogen-bond donors (Lipinski definition) is 2. The number of piperidine rings is 1. The minimum Gasteiger partial charge on any atom is -0.492 e. The second-order valence-electron chi connectivity index (χ2n) is 7.26. The van der Waals surface area contributed by atoms with Crippen molar-refractivity contribution in [3.8, 4) is 5.75 Å². The van der Waals surface area contributed by atoms with Crippen molar-refractivity contribution in [3.05, 3.63) is 52.0 Å². The molecule has 0 saturated carbocycles. The monoisotopic (exact) mass is 445 g/mol. The molecule has 0 aliphatic carbocycles. The molecule has 1 saturated heterocycles. The van der Waals surface area contributed by atoms with Crippen LogP contribution in [0.5, 0.6) is 5.75 Å². The highest BCUT2D eigenvalue weighted by Gasteiger charge is 2.26. The first-order valence-electron chi connectivity index (χ1n) is 9.62. The molecular weight excluding hydrogens is 425 g/mol. The van der Waals surface area contributed by atoms with E-state index in [2.05, 4.69) is 9.97 Å². The summed E-state index contributed by atoms with van der Waals surface area (Å²) < 4.78 is 6.05. The van der Waals surface area contributed by atoms with Gasteiger partial charge in [0.15, 0.2) is 0 Å². The largest absolute Gasteiger partial charge is 0.492 e. The SMILES string of the molecule is Nc1nc(N)c2c(OCC3CCN(C(=O)c4c(Cl)cccc4Cl)CC3)cccc2n1. The third kappa shape index (κ3) is 4.08. The number of carbonyl (C=O) groups excluding carboxylic acids is 1. The average Bonchev–Trinajstić information content (AvgIpc) is 2.72. The number of aromatic nitrogens is 2. The molecule has 9 heteroatoms. The Hall–Kier alpha value is -2.77. The molecule has 2 heterocycles. The molecule has 0 atom stereocenters. The Morgan fingerprint density at radius 2 is 1.73 bits per heavy atom. The fourth-order valence-electron chi connectivity index (χ4n) is 3.69. The van der Waals surface area contributed by atoms with Crippen LogP contribution in [0.15, 0.2) is 36.4 Å². The van der Waals surface area contributed by atoms with Crippen molar-refractivity contribution in [2.24, 2.45) is 5.92 Å². The summed E-state index contributed by atoms with van der Waals surface area (Å²) in [4.78, 5) is 22.8. The number of likely N-dealkylation sites (tertiary alicyclic amines) is 1. The Kier molecular flexibility index (Phi) is 5.83. The van der Waals surface area contributed by atoms with Crippen LogP contribution in [0.1, 0.15) is 23.2 Å². The first-order chi connectivity index (χ1) is 14.4. The normalized spacial score (nSPS) is 14.8. The summed E-state index contributed by atoms with van der Waals surface area (Å²) in [6, 6.07) is 10.6. The number of nitrogens with zero attached hydrogens (tertiary/aromatic N) is 3. The van der Waals surface area contributed by atoms with Gasteiger partial charge in [0.05, 0.1) is 33.1 Å². The molecule has 3 aromatic rings. The van der Waals surface area contributed by atoms with Gasteiger partial charge >= 0.3 is 0 Å². The second kappa shape index (κ2) is 8.53. The lowest BCUT2D eigenvalue weighted by atomic mass is 9.97. The minimum absolute atomic E-state index is 0.132.